The van der Waals surface area contributed by atoms with Gasteiger partial charge in [0.15, 0.2) is 0 Å². The van der Waals surface area contributed by atoms with Crippen LogP contribution in [0.2, 0.25) is 5.02 Å². The molecule has 4 N–H and O–H groups in total. The Balaban J connectivity index is 1.59. The first kappa shape index (κ1) is 27.4. The van der Waals surface area contributed by atoms with Gasteiger partial charge in [-0.15, -0.1) is 0 Å². The number of likely N-dealkylation sites (tertiary alicyclic amines) is 1. The number of amides is 3. The van der Waals surface area contributed by atoms with E-state index < -0.39 is 6.10 Å². The maximum Gasteiger partial charge on any atom is 0.319 e. The van der Waals surface area contributed by atoms with Crippen molar-refractivity contribution >= 4 is 40.1 Å². The van der Waals surface area contributed by atoms with Gasteiger partial charge in [-0.3, -0.25) is 9.78 Å². The molecule has 2 heterocycles. The first-order valence-electron chi connectivity index (χ1n) is 12.6. The van der Waals surface area contributed by atoms with Crippen LogP contribution in [0.4, 0.5) is 10.5 Å². The van der Waals surface area contributed by atoms with Crippen molar-refractivity contribution in [3.8, 4) is 17.2 Å². The summed E-state index contributed by atoms with van der Waals surface area (Å²) in [5, 5.41) is 19.3. The average molecular weight is 542 g/mol. The molecule has 1 saturated heterocycles. The van der Waals surface area contributed by atoms with Crippen LogP contribution in [0.1, 0.15) is 30.1 Å². The quantitative estimate of drug-likeness (QED) is 0.305. The average Bonchev–Trinajstić information content (AvgIpc) is 3.41. The fourth-order valence-corrected chi connectivity index (χ4v) is 4.48. The van der Waals surface area contributed by atoms with Gasteiger partial charge in [-0.05, 0) is 57.1 Å². The highest BCUT2D eigenvalue weighted by Gasteiger charge is 2.20. The van der Waals surface area contributed by atoms with Crippen LogP contribution in [-0.2, 0) is 0 Å². The number of nitrogens with zero attached hydrogens (tertiary/aromatic N) is 2. The lowest BCUT2D eigenvalue weighted by Crippen LogP contribution is -2.34. The summed E-state index contributed by atoms with van der Waals surface area (Å²) in [5.74, 6) is 0.932. The number of aliphatic hydroxyl groups excluding tert-OH is 1. The third-order valence-electron chi connectivity index (χ3n) is 6.13. The number of anilines is 1. The number of aromatic nitrogens is 1. The third kappa shape index (κ3) is 6.83. The first-order chi connectivity index (χ1) is 18.4. The van der Waals surface area contributed by atoms with E-state index in [0.29, 0.717) is 57.5 Å². The molecule has 10 nitrogen and oxygen atoms in total. The van der Waals surface area contributed by atoms with Crippen molar-refractivity contribution in [3.05, 3.63) is 53.2 Å². The molecular weight excluding hydrogens is 510 g/mol. The number of carbonyl (C=O) groups excluding carboxylic acids is 2. The first-order valence-corrected chi connectivity index (χ1v) is 13.0. The van der Waals surface area contributed by atoms with Crippen molar-refractivity contribution < 1.29 is 24.2 Å². The molecular formula is C27H32ClN5O5. The van der Waals surface area contributed by atoms with Gasteiger partial charge in [0.25, 0.3) is 5.91 Å². The largest absolute Gasteiger partial charge is 0.490 e. The number of hydrogen-bond acceptors (Lipinski definition) is 7. The van der Waals surface area contributed by atoms with Crippen LogP contribution < -0.4 is 25.4 Å². The summed E-state index contributed by atoms with van der Waals surface area (Å²) in [6, 6.07) is 9.55. The molecule has 0 unspecified atom stereocenters. The number of nitrogens with one attached hydrogen (secondary N) is 3. The van der Waals surface area contributed by atoms with E-state index in [1.165, 1.54) is 7.05 Å². The standard InChI is InChI=1S/C27H32ClN5O5/c1-3-30-26(35)20-13-19-23(14-25(20)37-16-17(34)15-33-10-4-5-11-33)31-9-8-24(19)38-18-6-7-22(21(28)12-18)32-27(36)29-2/h6-9,12-14,17,34H,3-5,10-11,15-16H2,1-2H3,(H,30,35)(H2,29,32,36)/t17-/m1/s1. The van der Waals surface area contributed by atoms with Gasteiger partial charge in [0.2, 0.25) is 0 Å². The zero-order valence-corrected chi connectivity index (χ0v) is 22.2. The van der Waals surface area contributed by atoms with E-state index in [9.17, 15) is 14.7 Å². The molecule has 3 aromatic rings. The molecule has 4 rings (SSSR count). The van der Waals surface area contributed by atoms with Crippen molar-refractivity contribution in [2.45, 2.75) is 25.9 Å². The van der Waals surface area contributed by atoms with E-state index in [0.717, 1.165) is 25.9 Å². The highest BCUT2D eigenvalue weighted by Crippen LogP contribution is 2.35. The molecule has 0 bridgehead atoms. The summed E-state index contributed by atoms with van der Waals surface area (Å²) in [5.41, 5.74) is 1.31. The number of halogens is 1. The number of β-amino-alcohol motifs (C(OH)–C–C–N with tert-alkyl or cyclic N) is 1. The van der Waals surface area contributed by atoms with Gasteiger partial charge < -0.3 is 35.4 Å². The van der Waals surface area contributed by atoms with Crippen molar-refractivity contribution in [3.63, 3.8) is 0 Å². The van der Waals surface area contributed by atoms with E-state index >= 15 is 0 Å². The second-order valence-corrected chi connectivity index (χ2v) is 9.36. The van der Waals surface area contributed by atoms with Gasteiger partial charge in [0.1, 0.15) is 30.0 Å². The SMILES string of the molecule is CCNC(=O)c1cc2c(Oc3ccc(NC(=O)NC)c(Cl)c3)ccnc2cc1OC[C@H](O)CN1CCCC1. The number of rotatable bonds is 10. The van der Waals surface area contributed by atoms with Gasteiger partial charge in [-0.1, -0.05) is 11.6 Å². The minimum atomic E-state index is -0.681. The smallest absolute Gasteiger partial charge is 0.319 e. The van der Waals surface area contributed by atoms with E-state index in [2.05, 4.69) is 25.8 Å². The molecule has 2 aromatic carbocycles. The summed E-state index contributed by atoms with van der Waals surface area (Å²) >= 11 is 6.32. The molecule has 1 aliphatic rings. The van der Waals surface area contributed by atoms with Crippen molar-refractivity contribution in [2.24, 2.45) is 0 Å². The number of carbonyl (C=O) groups is 2. The molecule has 11 heteroatoms. The number of pyridine rings is 1. The molecule has 0 spiro atoms. The lowest BCUT2D eigenvalue weighted by molar-refractivity contribution is 0.0745. The second kappa shape index (κ2) is 12.8. The van der Waals surface area contributed by atoms with Crippen molar-refractivity contribution in [1.29, 1.82) is 0 Å². The van der Waals surface area contributed by atoms with Gasteiger partial charge >= 0.3 is 6.03 Å². The predicted octanol–water partition coefficient (Wildman–Crippen LogP) is 4.02. The molecule has 1 aliphatic heterocycles. The maximum absolute atomic E-state index is 12.9. The second-order valence-electron chi connectivity index (χ2n) is 8.95. The Bertz CT molecular complexity index is 1300. The molecule has 3 amide bonds. The molecule has 1 aromatic heterocycles. The van der Waals surface area contributed by atoms with E-state index in [-0.39, 0.29) is 18.5 Å². The maximum atomic E-state index is 12.9. The van der Waals surface area contributed by atoms with E-state index in [1.807, 2.05) is 6.92 Å². The molecule has 0 saturated carbocycles. The predicted molar refractivity (Wildman–Crippen MR) is 147 cm³/mol. The number of urea groups is 1. The highest BCUT2D eigenvalue weighted by molar-refractivity contribution is 6.33. The summed E-state index contributed by atoms with van der Waals surface area (Å²) in [7, 11) is 1.51. The van der Waals surface area contributed by atoms with Crippen LogP contribution in [0, 0.1) is 0 Å². The van der Waals surface area contributed by atoms with Crippen LogP contribution in [0.25, 0.3) is 10.9 Å². The van der Waals surface area contributed by atoms with Gasteiger partial charge in [-0.2, -0.15) is 0 Å². The Kier molecular flexibility index (Phi) is 9.22. The third-order valence-corrected chi connectivity index (χ3v) is 6.44. The number of ether oxygens (including phenoxy) is 2. The van der Waals surface area contributed by atoms with Crippen molar-refractivity contribution in [1.82, 2.24) is 20.5 Å². The van der Waals surface area contributed by atoms with E-state index in [1.54, 1.807) is 42.6 Å². The highest BCUT2D eigenvalue weighted by atomic mass is 35.5. The summed E-state index contributed by atoms with van der Waals surface area (Å²) in [4.78, 5) is 31.2. The Morgan fingerprint density at radius 2 is 1.95 bits per heavy atom. The fourth-order valence-electron chi connectivity index (χ4n) is 4.26. The fraction of sp³-hybridized carbons (Fsp3) is 0.370. The number of benzene rings is 2. The van der Waals surface area contributed by atoms with Gasteiger partial charge in [-0.25, -0.2) is 4.79 Å². The zero-order chi connectivity index (χ0) is 27.1. The Morgan fingerprint density at radius 3 is 2.66 bits per heavy atom. The van der Waals surface area contributed by atoms with Crippen LogP contribution in [-0.4, -0.2) is 72.9 Å². The lowest BCUT2D eigenvalue weighted by atomic mass is 10.1. The van der Waals surface area contributed by atoms with Crippen LogP contribution in [0.15, 0.2) is 42.6 Å². The minimum absolute atomic E-state index is 0.0551. The summed E-state index contributed by atoms with van der Waals surface area (Å²) in [6.45, 7) is 4.81. The van der Waals surface area contributed by atoms with Crippen LogP contribution >= 0.6 is 11.6 Å². The topological polar surface area (TPSA) is 125 Å². The molecule has 202 valence electrons. The number of fused-ring (bicyclic) bond motifs is 1. The normalized spacial score (nSPS) is 14.2. The molecule has 0 aliphatic carbocycles. The number of aliphatic hydroxyl groups is 1. The van der Waals surface area contributed by atoms with Gasteiger partial charge in [0, 0.05) is 43.9 Å². The van der Waals surface area contributed by atoms with Crippen molar-refractivity contribution in [2.75, 3.05) is 45.2 Å². The zero-order valence-electron chi connectivity index (χ0n) is 21.4. The summed E-state index contributed by atoms with van der Waals surface area (Å²) < 4.78 is 12.0. The number of hydrogen-bond donors (Lipinski definition) is 4. The minimum Gasteiger partial charge on any atom is -0.490 e. The monoisotopic (exact) mass is 541 g/mol. The summed E-state index contributed by atoms with van der Waals surface area (Å²) in [6.07, 6.45) is 3.19. The molecule has 1 fully saturated rings. The lowest BCUT2D eigenvalue weighted by Gasteiger charge is -2.20. The van der Waals surface area contributed by atoms with Gasteiger partial charge in [0.05, 0.1) is 21.8 Å². The Labute approximate surface area is 226 Å². The Hall–Kier alpha value is -3.60. The van der Waals surface area contributed by atoms with Crippen LogP contribution in [0.5, 0.6) is 17.2 Å². The molecule has 0 radical (unpaired) electrons. The Morgan fingerprint density at radius 1 is 1.16 bits per heavy atom. The molecule has 1 atom stereocenters. The van der Waals surface area contributed by atoms with Crippen LogP contribution in [0.3, 0.4) is 0 Å². The molecule has 38 heavy (non-hydrogen) atoms. The van der Waals surface area contributed by atoms with E-state index in [4.69, 9.17) is 21.1 Å².